The third kappa shape index (κ3) is 6.41. The average Bonchev–Trinajstić information content (AvgIpc) is 2.85. The number of benzene rings is 2. The van der Waals surface area contributed by atoms with Crippen molar-refractivity contribution in [1.82, 2.24) is 20.3 Å². The van der Waals surface area contributed by atoms with E-state index in [0.717, 1.165) is 51.4 Å². The second-order valence-corrected chi connectivity index (χ2v) is 8.30. The third-order valence-electron chi connectivity index (χ3n) is 5.41. The van der Waals surface area contributed by atoms with Gasteiger partial charge in [-0.2, -0.15) is 0 Å². The summed E-state index contributed by atoms with van der Waals surface area (Å²) in [6, 6.07) is 15.8. The zero-order valence-corrected chi connectivity index (χ0v) is 20.2. The van der Waals surface area contributed by atoms with Crippen molar-refractivity contribution in [1.29, 1.82) is 0 Å². The van der Waals surface area contributed by atoms with Crippen molar-refractivity contribution < 1.29 is 9.53 Å². The quantitative estimate of drug-likeness (QED) is 0.309. The first-order valence-corrected chi connectivity index (χ1v) is 11.7. The Kier molecular flexibility index (Phi) is 7.67. The topological polar surface area (TPSA) is 89.0 Å². The molecule has 2 aromatic heterocycles. The molecule has 178 valence electrons. The summed E-state index contributed by atoms with van der Waals surface area (Å²) < 4.78 is 5.98. The van der Waals surface area contributed by atoms with Crippen molar-refractivity contribution >= 4 is 34.4 Å². The first-order chi connectivity index (χ1) is 17.0. The van der Waals surface area contributed by atoms with Crippen molar-refractivity contribution in [2.75, 3.05) is 11.9 Å². The normalized spacial score (nSPS) is 11.1. The van der Waals surface area contributed by atoms with Crippen molar-refractivity contribution in [3.8, 4) is 11.5 Å². The Morgan fingerprint density at radius 3 is 2.69 bits per heavy atom. The van der Waals surface area contributed by atoms with E-state index in [4.69, 9.17) is 4.74 Å². The van der Waals surface area contributed by atoms with Crippen molar-refractivity contribution in [2.24, 2.45) is 0 Å². The lowest BCUT2D eigenvalue weighted by Crippen LogP contribution is -2.22. The summed E-state index contributed by atoms with van der Waals surface area (Å²) in [6.07, 6.45) is 8.59. The minimum absolute atomic E-state index is 0.0674. The molecule has 35 heavy (non-hydrogen) atoms. The van der Waals surface area contributed by atoms with E-state index in [2.05, 4.69) is 25.6 Å². The molecule has 2 aromatic carbocycles. The summed E-state index contributed by atoms with van der Waals surface area (Å²) in [6.45, 7) is 6.44. The molecule has 0 spiro atoms. The molecule has 0 atom stereocenters. The van der Waals surface area contributed by atoms with Gasteiger partial charge in [0.2, 0.25) is 5.91 Å². The van der Waals surface area contributed by atoms with Crippen LogP contribution in [0, 0.1) is 13.8 Å². The zero-order chi connectivity index (χ0) is 24.6. The van der Waals surface area contributed by atoms with Gasteiger partial charge >= 0.3 is 0 Å². The standard InChI is InChI=1S/C28H29N5O2/c1-4-6-27(34)29-14-5-7-21-9-12-25-24(16-21)28(32-18-31-25)33-22-10-13-26(19(2)15-22)35-23-11-8-20(3)30-17-23/h5,7-13,15-18H,4,6,14H2,1-3H3,(H,29,34)(H,31,32,33). The number of pyridine rings is 1. The number of aromatic nitrogens is 3. The van der Waals surface area contributed by atoms with Crippen LogP contribution in [0.15, 0.2) is 67.1 Å². The second kappa shape index (κ2) is 11.2. The maximum Gasteiger partial charge on any atom is 0.220 e. The van der Waals surface area contributed by atoms with Gasteiger partial charge in [-0.15, -0.1) is 0 Å². The molecule has 2 N–H and O–H groups in total. The fraction of sp³-hybridized carbons (Fsp3) is 0.214. The first kappa shape index (κ1) is 23.9. The Hall–Kier alpha value is -4.26. The average molecular weight is 468 g/mol. The van der Waals surface area contributed by atoms with E-state index in [1.807, 2.05) is 81.5 Å². The van der Waals surface area contributed by atoms with Crippen LogP contribution in [-0.2, 0) is 4.79 Å². The number of hydrogen-bond donors (Lipinski definition) is 2. The number of carbonyl (C=O) groups excluding carboxylic acids is 1. The van der Waals surface area contributed by atoms with Crippen LogP contribution in [0.4, 0.5) is 11.5 Å². The molecule has 0 aliphatic carbocycles. The van der Waals surface area contributed by atoms with Crippen LogP contribution in [0.5, 0.6) is 11.5 Å². The van der Waals surface area contributed by atoms with E-state index in [1.165, 1.54) is 0 Å². The zero-order valence-electron chi connectivity index (χ0n) is 20.2. The number of ether oxygens (including phenoxy) is 1. The highest BCUT2D eigenvalue weighted by Gasteiger charge is 2.08. The van der Waals surface area contributed by atoms with Gasteiger partial charge in [-0.1, -0.05) is 25.1 Å². The molecule has 0 aliphatic heterocycles. The van der Waals surface area contributed by atoms with Gasteiger partial charge in [-0.05, 0) is 73.9 Å². The summed E-state index contributed by atoms with van der Waals surface area (Å²) >= 11 is 0. The van der Waals surface area contributed by atoms with Crippen molar-refractivity contribution in [2.45, 2.75) is 33.6 Å². The van der Waals surface area contributed by atoms with E-state index in [-0.39, 0.29) is 5.91 Å². The van der Waals surface area contributed by atoms with Crippen LogP contribution in [0.25, 0.3) is 17.0 Å². The van der Waals surface area contributed by atoms with Crippen LogP contribution < -0.4 is 15.4 Å². The number of amides is 1. The minimum Gasteiger partial charge on any atom is -0.455 e. The molecule has 0 saturated carbocycles. The lowest BCUT2D eigenvalue weighted by molar-refractivity contribution is -0.120. The number of nitrogens with zero attached hydrogens (tertiary/aromatic N) is 3. The van der Waals surface area contributed by atoms with E-state index in [0.29, 0.717) is 18.7 Å². The lowest BCUT2D eigenvalue weighted by atomic mass is 10.1. The van der Waals surface area contributed by atoms with E-state index in [9.17, 15) is 4.79 Å². The molecule has 0 unspecified atom stereocenters. The summed E-state index contributed by atoms with van der Waals surface area (Å²) in [5, 5.41) is 7.21. The molecular weight excluding hydrogens is 438 g/mol. The largest absolute Gasteiger partial charge is 0.455 e. The number of carbonyl (C=O) groups is 1. The van der Waals surface area contributed by atoms with Crippen molar-refractivity contribution in [3.05, 3.63) is 84.0 Å². The van der Waals surface area contributed by atoms with E-state index >= 15 is 0 Å². The molecular formula is C28H29N5O2. The number of hydrogen-bond acceptors (Lipinski definition) is 6. The SMILES string of the molecule is CCCC(=O)NCC=Cc1ccc2ncnc(Nc3ccc(Oc4ccc(C)nc4)c(C)c3)c2c1. The van der Waals surface area contributed by atoms with Gasteiger partial charge in [0.05, 0.1) is 11.7 Å². The third-order valence-corrected chi connectivity index (χ3v) is 5.41. The molecule has 0 aliphatic rings. The van der Waals surface area contributed by atoms with Gasteiger partial charge in [0.1, 0.15) is 23.6 Å². The molecule has 0 fully saturated rings. The molecule has 0 saturated heterocycles. The fourth-order valence-corrected chi connectivity index (χ4v) is 3.58. The smallest absolute Gasteiger partial charge is 0.220 e. The fourth-order valence-electron chi connectivity index (χ4n) is 3.58. The van der Waals surface area contributed by atoms with Gasteiger partial charge in [0.25, 0.3) is 0 Å². The van der Waals surface area contributed by atoms with Crippen LogP contribution in [0.1, 0.15) is 36.6 Å². The van der Waals surface area contributed by atoms with E-state index in [1.54, 1.807) is 12.5 Å². The molecule has 0 bridgehead atoms. The van der Waals surface area contributed by atoms with Crippen LogP contribution in [0.2, 0.25) is 0 Å². The van der Waals surface area contributed by atoms with Crippen LogP contribution >= 0.6 is 0 Å². The Morgan fingerprint density at radius 1 is 1.03 bits per heavy atom. The number of rotatable bonds is 9. The van der Waals surface area contributed by atoms with Gasteiger partial charge in [-0.25, -0.2) is 9.97 Å². The van der Waals surface area contributed by atoms with Crippen molar-refractivity contribution in [3.63, 3.8) is 0 Å². The Bertz CT molecular complexity index is 1350. The Balaban J connectivity index is 1.49. The van der Waals surface area contributed by atoms with E-state index < -0.39 is 0 Å². The van der Waals surface area contributed by atoms with Gasteiger partial charge < -0.3 is 15.4 Å². The molecule has 2 heterocycles. The molecule has 0 radical (unpaired) electrons. The molecule has 4 rings (SSSR count). The number of fused-ring (bicyclic) bond motifs is 1. The highest BCUT2D eigenvalue weighted by atomic mass is 16.5. The van der Waals surface area contributed by atoms with Crippen LogP contribution in [-0.4, -0.2) is 27.4 Å². The number of anilines is 2. The maximum atomic E-state index is 11.6. The Morgan fingerprint density at radius 2 is 1.91 bits per heavy atom. The Labute approximate surface area is 205 Å². The monoisotopic (exact) mass is 467 g/mol. The molecule has 1 amide bonds. The lowest BCUT2D eigenvalue weighted by Gasteiger charge is -2.12. The number of aryl methyl sites for hydroxylation is 2. The maximum absolute atomic E-state index is 11.6. The minimum atomic E-state index is 0.0674. The number of nitrogens with one attached hydrogen (secondary N) is 2. The van der Waals surface area contributed by atoms with Gasteiger partial charge in [0.15, 0.2) is 0 Å². The summed E-state index contributed by atoms with van der Waals surface area (Å²) in [7, 11) is 0. The first-order valence-electron chi connectivity index (χ1n) is 11.7. The summed E-state index contributed by atoms with van der Waals surface area (Å²) in [4.78, 5) is 24.8. The van der Waals surface area contributed by atoms with Gasteiger partial charge in [-0.3, -0.25) is 9.78 Å². The highest BCUT2D eigenvalue weighted by Crippen LogP contribution is 2.30. The van der Waals surface area contributed by atoms with Gasteiger partial charge in [0, 0.05) is 29.7 Å². The molecule has 7 nitrogen and oxygen atoms in total. The summed E-state index contributed by atoms with van der Waals surface area (Å²) in [5.74, 6) is 2.26. The predicted molar refractivity (Wildman–Crippen MR) is 140 cm³/mol. The van der Waals surface area contributed by atoms with Crippen LogP contribution in [0.3, 0.4) is 0 Å². The molecule has 7 heteroatoms. The highest BCUT2D eigenvalue weighted by molar-refractivity contribution is 5.92. The predicted octanol–water partition coefficient (Wildman–Crippen LogP) is 6.11. The molecule has 4 aromatic rings. The second-order valence-electron chi connectivity index (χ2n) is 8.30. The summed E-state index contributed by atoms with van der Waals surface area (Å²) in [5.41, 5.74) is 4.69.